The molecule has 13 heteroatoms. The summed E-state index contributed by atoms with van der Waals surface area (Å²) >= 11 is 4.51. The van der Waals surface area contributed by atoms with Crippen molar-refractivity contribution in [3.8, 4) is 22.8 Å². The first kappa shape index (κ1) is 29.0. The Hall–Kier alpha value is -4.49. The molecule has 0 saturated heterocycles. The minimum atomic E-state index is -0.825. The minimum Gasteiger partial charge on any atom is -0.490 e. The number of rotatable bonds is 9. The molecule has 0 bridgehead atoms. The van der Waals surface area contributed by atoms with Crippen LogP contribution in [0, 0.1) is 10.1 Å². The van der Waals surface area contributed by atoms with E-state index < -0.39 is 16.9 Å². The molecule has 1 aliphatic rings. The van der Waals surface area contributed by atoms with E-state index in [0.717, 1.165) is 11.3 Å². The number of nitro benzene ring substituents is 1. The predicted octanol–water partition coefficient (Wildman–Crippen LogP) is 4.75. The number of non-ortho nitro benzene ring substituents is 1. The molecule has 1 aliphatic heterocycles. The highest BCUT2D eigenvalue weighted by Crippen LogP contribution is 2.35. The number of carbonyl (C=O) groups is 1. The summed E-state index contributed by atoms with van der Waals surface area (Å²) < 4.78 is 24.7. The van der Waals surface area contributed by atoms with Crippen molar-refractivity contribution in [2.75, 3.05) is 20.3 Å². The van der Waals surface area contributed by atoms with Gasteiger partial charge in [-0.3, -0.25) is 19.5 Å². The van der Waals surface area contributed by atoms with Gasteiger partial charge in [-0.25, -0.2) is 9.79 Å². The largest absolute Gasteiger partial charge is 0.490 e. The summed E-state index contributed by atoms with van der Waals surface area (Å²) in [6.45, 7) is 4.56. The summed E-state index contributed by atoms with van der Waals surface area (Å²) in [6.07, 6.45) is 3.01. The molecule has 11 nitrogen and oxygen atoms in total. The third-order valence-electron chi connectivity index (χ3n) is 6.34. The maximum Gasteiger partial charge on any atom is 0.337 e. The molecule has 0 N–H and O–H groups in total. The number of halogens is 1. The van der Waals surface area contributed by atoms with E-state index in [1.807, 2.05) is 13.8 Å². The Balaban J connectivity index is 1.59. The normalized spacial score (nSPS) is 14.5. The Morgan fingerprint density at radius 3 is 2.60 bits per heavy atom. The van der Waals surface area contributed by atoms with Crippen molar-refractivity contribution in [2.45, 2.75) is 19.9 Å². The Kier molecular flexibility index (Phi) is 8.41. The summed E-state index contributed by atoms with van der Waals surface area (Å²) in [7, 11) is 1.27. The summed E-state index contributed by atoms with van der Waals surface area (Å²) in [5.74, 6) is 1.27. The number of methoxy groups -OCH3 is 1. The van der Waals surface area contributed by atoms with Crippen LogP contribution in [-0.4, -0.2) is 35.8 Å². The number of nitrogens with zero attached hydrogens (tertiary/aromatic N) is 3. The zero-order chi connectivity index (χ0) is 30.0. The lowest BCUT2D eigenvalue weighted by molar-refractivity contribution is -0.384. The monoisotopic (exact) mass is 653 g/mol. The summed E-state index contributed by atoms with van der Waals surface area (Å²) in [4.78, 5) is 42.0. The molecule has 4 aromatic rings. The lowest BCUT2D eigenvalue weighted by atomic mass is 9.97. The molecule has 216 valence electrons. The van der Waals surface area contributed by atoms with Gasteiger partial charge in [0.15, 0.2) is 16.3 Å². The maximum absolute atomic E-state index is 13.8. The van der Waals surface area contributed by atoms with Crippen molar-refractivity contribution in [1.82, 2.24) is 4.57 Å². The van der Waals surface area contributed by atoms with E-state index >= 15 is 0 Å². The summed E-state index contributed by atoms with van der Waals surface area (Å²) in [5.41, 5.74) is 0.987. The van der Waals surface area contributed by atoms with E-state index in [1.165, 1.54) is 30.0 Å². The van der Waals surface area contributed by atoms with E-state index in [9.17, 15) is 19.7 Å². The molecule has 0 unspecified atom stereocenters. The van der Waals surface area contributed by atoms with Gasteiger partial charge in [0, 0.05) is 34.4 Å². The fourth-order valence-corrected chi connectivity index (χ4v) is 6.02. The number of fused-ring (bicyclic) bond motifs is 1. The smallest absolute Gasteiger partial charge is 0.337 e. The van der Waals surface area contributed by atoms with Crippen molar-refractivity contribution in [3.05, 3.63) is 106 Å². The van der Waals surface area contributed by atoms with Crippen LogP contribution in [0.5, 0.6) is 11.5 Å². The van der Waals surface area contributed by atoms with Gasteiger partial charge in [-0.15, -0.1) is 0 Å². The van der Waals surface area contributed by atoms with Crippen LogP contribution in [0.15, 0.2) is 79.0 Å². The number of thiazole rings is 1. The Labute approximate surface area is 251 Å². The quantitative estimate of drug-likeness (QED) is 0.143. The standard InChI is InChI=1S/C29H24BrN3O8S/c1-4-39-23-10-6-16(12-24(23)40-5-2)26-20(28(35)38-3)15-31-29-32(26)27(34)25(42-29)14-18-8-11-22(41-18)19-9-7-17(33(36)37)13-21(19)30/h6-15,26H,4-5H2,1-3H3/b25-14+/t26-/m1/s1. The first-order valence-electron chi connectivity index (χ1n) is 12.8. The van der Waals surface area contributed by atoms with Crippen LogP contribution >= 0.6 is 27.3 Å². The lowest BCUT2D eigenvalue weighted by Gasteiger charge is -2.23. The molecule has 0 fully saturated rings. The molecule has 1 atom stereocenters. The molecule has 0 saturated carbocycles. The van der Waals surface area contributed by atoms with Crippen LogP contribution in [0.2, 0.25) is 0 Å². The van der Waals surface area contributed by atoms with Crippen molar-refractivity contribution >= 4 is 45.0 Å². The Bertz CT molecular complexity index is 1910. The molecule has 42 heavy (non-hydrogen) atoms. The maximum atomic E-state index is 13.8. The number of carbonyl (C=O) groups excluding carboxylic acids is 1. The zero-order valence-corrected chi connectivity index (χ0v) is 25.1. The minimum absolute atomic E-state index is 0.0553. The average molecular weight is 654 g/mol. The first-order valence-corrected chi connectivity index (χ1v) is 14.4. The van der Waals surface area contributed by atoms with E-state index in [4.69, 9.17) is 18.6 Å². The van der Waals surface area contributed by atoms with Gasteiger partial charge < -0.3 is 18.6 Å². The number of esters is 1. The summed E-state index contributed by atoms with van der Waals surface area (Å²) in [6, 6.07) is 12.2. The topological polar surface area (TPSA) is 135 Å². The van der Waals surface area contributed by atoms with Gasteiger partial charge in [0.2, 0.25) is 0 Å². The fraction of sp³-hybridized carbons (Fsp3) is 0.207. The van der Waals surface area contributed by atoms with Gasteiger partial charge in [0.25, 0.3) is 11.2 Å². The van der Waals surface area contributed by atoms with Crippen LogP contribution in [-0.2, 0) is 9.53 Å². The number of hydrogen-bond donors (Lipinski definition) is 0. The SMILES string of the molecule is CCOc1ccc([C@@H]2C(C(=O)OC)=CN=c3s/c(=C/c4ccc(-c5ccc([N+](=O)[O-])cc5Br)o4)c(=O)n32)cc1OCC. The van der Waals surface area contributed by atoms with Gasteiger partial charge in [0.05, 0.1) is 41.4 Å². The zero-order valence-electron chi connectivity index (χ0n) is 22.7. The highest BCUT2D eigenvalue weighted by molar-refractivity contribution is 9.10. The van der Waals surface area contributed by atoms with Crippen LogP contribution in [0.1, 0.15) is 31.2 Å². The van der Waals surface area contributed by atoms with E-state index in [0.29, 0.717) is 61.2 Å². The third-order valence-corrected chi connectivity index (χ3v) is 7.99. The van der Waals surface area contributed by atoms with Crippen molar-refractivity contribution in [3.63, 3.8) is 0 Å². The molecular weight excluding hydrogens is 630 g/mol. The van der Waals surface area contributed by atoms with Gasteiger partial charge in [-0.05, 0) is 65.7 Å². The molecule has 0 amide bonds. The molecule has 0 spiro atoms. The molecular formula is C29H24BrN3O8S. The van der Waals surface area contributed by atoms with Gasteiger partial charge in [0.1, 0.15) is 11.5 Å². The fourth-order valence-electron chi connectivity index (χ4n) is 4.51. The molecule has 5 rings (SSSR count). The molecule has 2 aromatic heterocycles. The second-order valence-electron chi connectivity index (χ2n) is 8.87. The molecule has 3 heterocycles. The van der Waals surface area contributed by atoms with Crippen molar-refractivity contribution < 1.29 is 28.3 Å². The van der Waals surface area contributed by atoms with Crippen LogP contribution in [0.25, 0.3) is 17.4 Å². The number of furan rings is 1. The average Bonchev–Trinajstić information content (AvgIpc) is 3.57. The molecule has 2 aromatic carbocycles. The molecule has 0 radical (unpaired) electrons. The Morgan fingerprint density at radius 1 is 1.14 bits per heavy atom. The first-order chi connectivity index (χ1) is 20.2. The second kappa shape index (κ2) is 12.2. The molecule has 0 aliphatic carbocycles. The summed E-state index contributed by atoms with van der Waals surface area (Å²) in [5, 5.41) is 11.1. The number of nitro groups is 1. The third kappa shape index (κ3) is 5.52. The van der Waals surface area contributed by atoms with Crippen molar-refractivity contribution in [1.29, 1.82) is 0 Å². The van der Waals surface area contributed by atoms with E-state index in [2.05, 4.69) is 20.9 Å². The van der Waals surface area contributed by atoms with E-state index in [-0.39, 0.29) is 16.8 Å². The Morgan fingerprint density at radius 2 is 1.90 bits per heavy atom. The van der Waals surface area contributed by atoms with Gasteiger partial charge in [-0.2, -0.15) is 0 Å². The van der Waals surface area contributed by atoms with E-state index in [1.54, 1.807) is 42.5 Å². The van der Waals surface area contributed by atoms with Crippen LogP contribution in [0.4, 0.5) is 5.69 Å². The van der Waals surface area contributed by atoms with Crippen molar-refractivity contribution in [2.24, 2.45) is 4.99 Å². The lowest BCUT2D eigenvalue weighted by Crippen LogP contribution is -2.39. The van der Waals surface area contributed by atoms with Crippen LogP contribution in [0.3, 0.4) is 0 Å². The predicted molar refractivity (Wildman–Crippen MR) is 158 cm³/mol. The number of aromatic nitrogens is 1. The number of ether oxygens (including phenoxy) is 3. The highest BCUT2D eigenvalue weighted by atomic mass is 79.9. The van der Waals surface area contributed by atoms with Gasteiger partial charge >= 0.3 is 5.97 Å². The number of benzene rings is 2. The van der Waals surface area contributed by atoms with Crippen LogP contribution < -0.4 is 24.4 Å². The van der Waals surface area contributed by atoms with Gasteiger partial charge in [-0.1, -0.05) is 17.4 Å². The second-order valence-corrected chi connectivity index (χ2v) is 10.7. The highest BCUT2D eigenvalue weighted by Gasteiger charge is 2.31. The number of hydrogen-bond acceptors (Lipinski definition) is 10.